The molecular weight excluding hydrogens is 238 g/mol. The summed E-state index contributed by atoms with van der Waals surface area (Å²) in [7, 11) is -1.50. The maximum atomic E-state index is 6.17. The first-order chi connectivity index (χ1) is 8.33. The molecule has 0 bridgehead atoms. The highest BCUT2D eigenvalue weighted by atomic mass is 28.4. The Morgan fingerprint density at radius 2 is 1.67 bits per heavy atom. The minimum Gasteiger partial charge on any atom is -0.417 e. The molecule has 3 heteroatoms. The van der Waals surface area contributed by atoms with E-state index in [1.54, 1.807) is 0 Å². The van der Waals surface area contributed by atoms with Crippen LogP contribution in [0.1, 0.15) is 59.3 Å². The van der Waals surface area contributed by atoms with Gasteiger partial charge in [0.1, 0.15) is 0 Å². The summed E-state index contributed by atoms with van der Waals surface area (Å²) in [5, 5.41) is 3.92. The first-order valence-corrected chi connectivity index (χ1v) is 10.6. The van der Waals surface area contributed by atoms with Gasteiger partial charge in [-0.3, -0.25) is 0 Å². The van der Waals surface area contributed by atoms with Crippen LogP contribution in [0.25, 0.3) is 0 Å². The first kappa shape index (κ1) is 16.2. The van der Waals surface area contributed by atoms with Gasteiger partial charge in [0.15, 0.2) is 8.32 Å². The molecule has 0 unspecified atom stereocenters. The topological polar surface area (TPSA) is 21.3 Å². The standard InChI is InChI=1S/C15H33NOSi/c1-15(2,3)18(4,5)17-13-9-7-6-8-12-16-14-10-11-14/h14,16H,6-13H2,1-5H3. The number of nitrogens with one attached hydrogen (secondary N) is 1. The van der Waals surface area contributed by atoms with Crippen molar-refractivity contribution >= 4 is 8.32 Å². The Hall–Kier alpha value is 0.137. The van der Waals surface area contributed by atoms with E-state index < -0.39 is 8.32 Å². The Kier molecular flexibility index (Phi) is 6.35. The van der Waals surface area contributed by atoms with Crippen LogP contribution in [0.4, 0.5) is 0 Å². The van der Waals surface area contributed by atoms with Gasteiger partial charge in [-0.2, -0.15) is 0 Å². The molecule has 2 nitrogen and oxygen atoms in total. The molecule has 0 aromatic rings. The highest BCUT2D eigenvalue weighted by molar-refractivity contribution is 6.74. The lowest BCUT2D eigenvalue weighted by Crippen LogP contribution is -2.40. The van der Waals surface area contributed by atoms with E-state index in [-0.39, 0.29) is 0 Å². The molecule has 1 N–H and O–H groups in total. The van der Waals surface area contributed by atoms with Crippen molar-refractivity contribution in [1.82, 2.24) is 5.32 Å². The number of hydrogen-bond acceptors (Lipinski definition) is 2. The molecule has 0 aromatic heterocycles. The predicted octanol–water partition coefficient (Wildman–Crippen LogP) is 4.32. The molecule has 18 heavy (non-hydrogen) atoms. The van der Waals surface area contributed by atoms with Crippen LogP contribution in [0, 0.1) is 0 Å². The molecular formula is C15H33NOSi. The van der Waals surface area contributed by atoms with Gasteiger partial charge in [0.25, 0.3) is 0 Å². The van der Waals surface area contributed by atoms with E-state index in [0.717, 1.165) is 12.6 Å². The Labute approximate surface area is 115 Å². The van der Waals surface area contributed by atoms with Gasteiger partial charge in [-0.05, 0) is 50.4 Å². The minimum absolute atomic E-state index is 0.348. The van der Waals surface area contributed by atoms with Crippen molar-refractivity contribution in [2.45, 2.75) is 83.5 Å². The molecule has 1 rings (SSSR count). The van der Waals surface area contributed by atoms with Crippen molar-refractivity contribution < 1.29 is 4.43 Å². The van der Waals surface area contributed by atoms with Crippen molar-refractivity contribution in [1.29, 1.82) is 0 Å². The molecule has 1 aliphatic rings. The number of unbranched alkanes of at least 4 members (excludes halogenated alkanes) is 3. The fraction of sp³-hybridized carbons (Fsp3) is 1.00. The Morgan fingerprint density at radius 1 is 1.06 bits per heavy atom. The molecule has 0 spiro atoms. The summed E-state index contributed by atoms with van der Waals surface area (Å²) >= 11 is 0. The van der Waals surface area contributed by atoms with Crippen LogP contribution in [0.2, 0.25) is 18.1 Å². The van der Waals surface area contributed by atoms with Crippen molar-refractivity contribution in [3.8, 4) is 0 Å². The van der Waals surface area contributed by atoms with Crippen LogP contribution in [0.3, 0.4) is 0 Å². The summed E-state index contributed by atoms with van der Waals surface area (Å²) in [5.41, 5.74) is 0. The van der Waals surface area contributed by atoms with Gasteiger partial charge in [0, 0.05) is 12.6 Å². The summed E-state index contributed by atoms with van der Waals surface area (Å²) in [5.74, 6) is 0. The van der Waals surface area contributed by atoms with Crippen LogP contribution >= 0.6 is 0 Å². The van der Waals surface area contributed by atoms with Crippen LogP contribution < -0.4 is 5.32 Å². The molecule has 0 atom stereocenters. The predicted molar refractivity (Wildman–Crippen MR) is 82.6 cm³/mol. The zero-order valence-electron chi connectivity index (χ0n) is 13.1. The maximum absolute atomic E-state index is 6.17. The molecule has 1 aliphatic carbocycles. The quantitative estimate of drug-likeness (QED) is 0.498. The summed E-state index contributed by atoms with van der Waals surface area (Å²) < 4.78 is 6.17. The zero-order chi connectivity index (χ0) is 13.6. The van der Waals surface area contributed by atoms with Gasteiger partial charge in [-0.25, -0.2) is 0 Å². The van der Waals surface area contributed by atoms with Crippen LogP contribution in [0.15, 0.2) is 0 Å². The van der Waals surface area contributed by atoms with E-state index in [1.165, 1.54) is 45.1 Å². The molecule has 0 saturated heterocycles. The monoisotopic (exact) mass is 271 g/mol. The average molecular weight is 272 g/mol. The Balaban J connectivity index is 1.91. The van der Waals surface area contributed by atoms with Gasteiger partial charge >= 0.3 is 0 Å². The Morgan fingerprint density at radius 3 is 2.22 bits per heavy atom. The Bertz CT molecular complexity index is 231. The largest absolute Gasteiger partial charge is 0.417 e. The zero-order valence-corrected chi connectivity index (χ0v) is 14.1. The summed E-state index contributed by atoms with van der Waals surface area (Å²) in [6, 6.07) is 0.868. The average Bonchev–Trinajstić information content (AvgIpc) is 3.04. The van der Waals surface area contributed by atoms with Gasteiger partial charge in [0.2, 0.25) is 0 Å². The molecule has 108 valence electrons. The van der Waals surface area contributed by atoms with E-state index in [2.05, 4.69) is 39.2 Å². The van der Waals surface area contributed by atoms with Gasteiger partial charge in [-0.15, -0.1) is 0 Å². The van der Waals surface area contributed by atoms with Crippen molar-refractivity contribution in [3.05, 3.63) is 0 Å². The molecule has 0 amide bonds. The second kappa shape index (κ2) is 7.06. The van der Waals surface area contributed by atoms with E-state index in [9.17, 15) is 0 Å². The van der Waals surface area contributed by atoms with E-state index >= 15 is 0 Å². The van der Waals surface area contributed by atoms with Crippen molar-refractivity contribution in [2.75, 3.05) is 13.2 Å². The lowest BCUT2D eigenvalue weighted by molar-refractivity contribution is 0.277. The molecule has 0 radical (unpaired) electrons. The number of rotatable bonds is 9. The molecule has 0 aromatic carbocycles. The molecule has 0 aliphatic heterocycles. The third-order valence-electron chi connectivity index (χ3n) is 4.35. The molecule has 1 fully saturated rings. The van der Waals surface area contributed by atoms with Gasteiger partial charge in [-0.1, -0.05) is 33.6 Å². The minimum atomic E-state index is -1.50. The lowest BCUT2D eigenvalue weighted by Gasteiger charge is -2.36. The summed E-state index contributed by atoms with van der Waals surface area (Å²) in [6.45, 7) is 13.8. The highest BCUT2D eigenvalue weighted by Gasteiger charge is 2.36. The lowest BCUT2D eigenvalue weighted by atomic mass is 10.2. The van der Waals surface area contributed by atoms with Crippen LogP contribution in [-0.4, -0.2) is 27.5 Å². The van der Waals surface area contributed by atoms with E-state index in [0.29, 0.717) is 5.04 Å². The third-order valence-corrected chi connectivity index (χ3v) is 8.89. The third kappa shape index (κ3) is 6.35. The van der Waals surface area contributed by atoms with E-state index in [4.69, 9.17) is 4.43 Å². The second-order valence-corrected chi connectivity index (χ2v) is 12.1. The fourth-order valence-corrected chi connectivity index (χ4v) is 2.81. The van der Waals surface area contributed by atoms with Gasteiger partial charge < -0.3 is 9.74 Å². The first-order valence-electron chi connectivity index (χ1n) is 7.70. The SMILES string of the molecule is CC(C)(C)[Si](C)(C)OCCCCCCNC1CC1. The molecule has 1 saturated carbocycles. The van der Waals surface area contributed by atoms with Crippen molar-refractivity contribution in [2.24, 2.45) is 0 Å². The fourth-order valence-electron chi connectivity index (χ4n) is 1.72. The number of hydrogen-bond donors (Lipinski definition) is 1. The normalized spacial score (nSPS) is 17.2. The second-order valence-electron chi connectivity index (χ2n) is 7.25. The molecule has 0 heterocycles. The van der Waals surface area contributed by atoms with Gasteiger partial charge in [0.05, 0.1) is 0 Å². The smallest absolute Gasteiger partial charge is 0.191 e. The highest BCUT2D eigenvalue weighted by Crippen LogP contribution is 2.36. The summed E-state index contributed by atoms with van der Waals surface area (Å²) in [6.07, 6.45) is 8.04. The van der Waals surface area contributed by atoms with Crippen LogP contribution in [0.5, 0.6) is 0 Å². The van der Waals surface area contributed by atoms with Crippen LogP contribution in [-0.2, 0) is 4.43 Å². The summed E-state index contributed by atoms with van der Waals surface area (Å²) in [4.78, 5) is 0. The van der Waals surface area contributed by atoms with Crippen molar-refractivity contribution in [3.63, 3.8) is 0 Å². The van der Waals surface area contributed by atoms with E-state index in [1.807, 2.05) is 0 Å². The maximum Gasteiger partial charge on any atom is 0.191 e.